The normalized spacial score (nSPS) is 18.0. The first-order valence-corrected chi connectivity index (χ1v) is 7.03. The Balaban J connectivity index is 1.92. The molecule has 4 heteroatoms. The highest BCUT2D eigenvalue weighted by molar-refractivity contribution is 5.55. The number of hydrogen-bond acceptors (Lipinski definition) is 1. The second-order valence-electron chi connectivity index (χ2n) is 5.36. The van der Waals surface area contributed by atoms with Crippen molar-refractivity contribution in [3.63, 3.8) is 0 Å². The van der Waals surface area contributed by atoms with Gasteiger partial charge in [-0.05, 0) is 42.0 Å². The van der Waals surface area contributed by atoms with Crippen molar-refractivity contribution in [1.82, 2.24) is 0 Å². The third-order valence-corrected chi connectivity index (χ3v) is 4.00. The quantitative estimate of drug-likeness (QED) is 0.834. The molecule has 1 N–H and O–H groups in total. The molecule has 0 fully saturated rings. The fraction of sp³-hybridized carbons (Fsp3) is 0.294. The van der Waals surface area contributed by atoms with E-state index in [4.69, 9.17) is 0 Å². The second kappa shape index (κ2) is 5.43. The van der Waals surface area contributed by atoms with Gasteiger partial charge in [-0.25, -0.2) is 0 Å². The molecule has 1 unspecified atom stereocenters. The zero-order chi connectivity index (χ0) is 14.9. The molecule has 0 spiro atoms. The van der Waals surface area contributed by atoms with E-state index in [0.29, 0.717) is 12.0 Å². The van der Waals surface area contributed by atoms with Gasteiger partial charge in [0.2, 0.25) is 0 Å². The predicted octanol–water partition coefficient (Wildman–Crippen LogP) is 4.85. The van der Waals surface area contributed by atoms with Crippen molar-refractivity contribution >= 4 is 5.69 Å². The van der Waals surface area contributed by atoms with Crippen LogP contribution in [0.15, 0.2) is 48.5 Å². The van der Waals surface area contributed by atoms with Gasteiger partial charge in [-0.1, -0.05) is 36.4 Å². The van der Waals surface area contributed by atoms with Crippen molar-refractivity contribution in [3.8, 4) is 0 Å². The number of nitrogens with one attached hydrogen (secondary N) is 1. The highest BCUT2D eigenvalue weighted by atomic mass is 19.4. The topological polar surface area (TPSA) is 12.0 Å². The highest BCUT2D eigenvalue weighted by Gasteiger charge is 2.33. The lowest BCUT2D eigenvalue weighted by Gasteiger charge is -2.27. The van der Waals surface area contributed by atoms with Crippen LogP contribution < -0.4 is 5.32 Å². The summed E-state index contributed by atoms with van der Waals surface area (Å²) in [5.74, 6) is 0.131. The van der Waals surface area contributed by atoms with Gasteiger partial charge in [0.05, 0.1) is 5.56 Å². The van der Waals surface area contributed by atoms with Crippen LogP contribution in [0, 0.1) is 0 Å². The molecule has 3 rings (SSSR count). The molecule has 0 radical (unpaired) electrons. The SMILES string of the molecule is FC(F)(F)c1ccccc1CC1CCNc2ccccc21. The Hall–Kier alpha value is -1.97. The number of benzene rings is 2. The van der Waals surface area contributed by atoms with Crippen molar-refractivity contribution in [2.75, 3.05) is 11.9 Å². The number of rotatable bonds is 2. The lowest BCUT2D eigenvalue weighted by atomic mass is 9.84. The van der Waals surface area contributed by atoms with E-state index < -0.39 is 11.7 Å². The summed E-state index contributed by atoms with van der Waals surface area (Å²) in [6.45, 7) is 0.801. The smallest absolute Gasteiger partial charge is 0.385 e. The molecule has 0 saturated carbocycles. The van der Waals surface area contributed by atoms with E-state index in [1.54, 1.807) is 12.1 Å². The van der Waals surface area contributed by atoms with E-state index in [2.05, 4.69) is 5.32 Å². The van der Waals surface area contributed by atoms with Crippen LogP contribution in [0.5, 0.6) is 0 Å². The highest BCUT2D eigenvalue weighted by Crippen LogP contribution is 2.37. The van der Waals surface area contributed by atoms with E-state index in [9.17, 15) is 13.2 Å². The lowest BCUT2D eigenvalue weighted by Crippen LogP contribution is -2.19. The maximum absolute atomic E-state index is 13.1. The average Bonchev–Trinajstić information content (AvgIpc) is 2.47. The van der Waals surface area contributed by atoms with Gasteiger partial charge in [0.1, 0.15) is 0 Å². The Morgan fingerprint density at radius 2 is 1.71 bits per heavy atom. The second-order valence-corrected chi connectivity index (χ2v) is 5.36. The maximum Gasteiger partial charge on any atom is 0.416 e. The van der Waals surface area contributed by atoms with Gasteiger partial charge >= 0.3 is 6.18 Å². The number of hydrogen-bond donors (Lipinski definition) is 1. The molecule has 2 aromatic rings. The number of alkyl halides is 3. The van der Waals surface area contributed by atoms with Crippen LogP contribution in [0.3, 0.4) is 0 Å². The zero-order valence-electron chi connectivity index (χ0n) is 11.5. The molecule has 110 valence electrons. The van der Waals surface area contributed by atoms with Crippen LogP contribution in [-0.4, -0.2) is 6.54 Å². The molecule has 1 aliphatic heterocycles. The number of anilines is 1. The largest absolute Gasteiger partial charge is 0.416 e. The van der Waals surface area contributed by atoms with Crippen LogP contribution in [-0.2, 0) is 12.6 Å². The van der Waals surface area contributed by atoms with Crippen molar-refractivity contribution in [2.24, 2.45) is 0 Å². The first-order chi connectivity index (χ1) is 10.1. The lowest BCUT2D eigenvalue weighted by molar-refractivity contribution is -0.138. The summed E-state index contributed by atoms with van der Waals surface area (Å²) >= 11 is 0. The van der Waals surface area contributed by atoms with Crippen LogP contribution in [0.4, 0.5) is 18.9 Å². The molecule has 0 bridgehead atoms. The summed E-state index contributed by atoms with van der Waals surface area (Å²) in [4.78, 5) is 0. The summed E-state index contributed by atoms with van der Waals surface area (Å²) < 4.78 is 39.3. The number of fused-ring (bicyclic) bond motifs is 1. The Morgan fingerprint density at radius 3 is 2.52 bits per heavy atom. The van der Waals surface area contributed by atoms with Gasteiger partial charge in [0, 0.05) is 12.2 Å². The van der Waals surface area contributed by atoms with E-state index in [1.807, 2.05) is 24.3 Å². The Bertz CT molecular complexity index is 634. The molecule has 0 aromatic heterocycles. The number of para-hydroxylation sites is 1. The number of halogens is 3. The zero-order valence-corrected chi connectivity index (χ0v) is 11.5. The minimum Gasteiger partial charge on any atom is -0.385 e. The van der Waals surface area contributed by atoms with Gasteiger partial charge in [-0.15, -0.1) is 0 Å². The molecular formula is C17H16F3N. The third kappa shape index (κ3) is 2.89. The Morgan fingerprint density at radius 1 is 1.00 bits per heavy atom. The van der Waals surface area contributed by atoms with Crippen molar-refractivity contribution in [2.45, 2.75) is 24.9 Å². The van der Waals surface area contributed by atoms with E-state index in [0.717, 1.165) is 24.2 Å². The van der Waals surface area contributed by atoms with Crippen molar-refractivity contribution < 1.29 is 13.2 Å². The predicted molar refractivity (Wildman–Crippen MR) is 77.4 cm³/mol. The monoisotopic (exact) mass is 291 g/mol. The minimum absolute atomic E-state index is 0.131. The van der Waals surface area contributed by atoms with Crippen LogP contribution in [0.2, 0.25) is 0 Å². The summed E-state index contributed by atoms with van der Waals surface area (Å²) in [5.41, 5.74) is 2.02. The molecule has 1 atom stereocenters. The molecule has 0 saturated heterocycles. The van der Waals surface area contributed by atoms with Crippen molar-refractivity contribution in [1.29, 1.82) is 0 Å². The van der Waals surface area contributed by atoms with Gasteiger partial charge in [0.25, 0.3) is 0 Å². The molecule has 1 heterocycles. The van der Waals surface area contributed by atoms with Crippen LogP contribution in [0.1, 0.15) is 29.0 Å². The Kier molecular flexibility index (Phi) is 3.62. The van der Waals surface area contributed by atoms with E-state index >= 15 is 0 Å². The first-order valence-electron chi connectivity index (χ1n) is 7.03. The van der Waals surface area contributed by atoms with Crippen molar-refractivity contribution in [3.05, 3.63) is 65.2 Å². The summed E-state index contributed by atoms with van der Waals surface area (Å²) in [7, 11) is 0. The summed E-state index contributed by atoms with van der Waals surface area (Å²) in [5, 5.41) is 3.30. The standard InChI is InChI=1S/C17H16F3N/c18-17(19,20)15-7-3-1-5-13(15)11-12-9-10-21-16-8-4-2-6-14(12)16/h1-8,12,21H,9-11H2. The van der Waals surface area contributed by atoms with Crippen LogP contribution in [0.25, 0.3) is 0 Å². The Labute approximate surface area is 121 Å². The van der Waals surface area contributed by atoms with Gasteiger partial charge < -0.3 is 5.32 Å². The molecule has 1 aliphatic rings. The molecule has 0 amide bonds. The maximum atomic E-state index is 13.1. The van der Waals surface area contributed by atoms with Gasteiger partial charge in [0.15, 0.2) is 0 Å². The summed E-state index contributed by atoms with van der Waals surface area (Å²) in [6.07, 6.45) is -3.01. The molecule has 1 nitrogen and oxygen atoms in total. The molecule has 21 heavy (non-hydrogen) atoms. The van der Waals surface area contributed by atoms with E-state index in [-0.39, 0.29) is 5.92 Å². The average molecular weight is 291 g/mol. The third-order valence-electron chi connectivity index (χ3n) is 4.00. The molecule has 0 aliphatic carbocycles. The fourth-order valence-corrected chi connectivity index (χ4v) is 3.00. The first kappa shape index (κ1) is 14.0. The van der Waals surface area contributed by atoms with Crippen LogP contribution >= 0.6 is 0 Å². The van der Waals surface area contributed by atoms with Gasteiger partial charge in [-0.3, -0.25) is 0 Å². The van der Waals surface area contributed by atoms with Gasteiger partial charge in [-0.2, -0.15) is 13.2 Å². The molecule has 2 aromatic carbocycles. The summed E-state index contributed by atoms with van der Waals surface area (Å²) in [6, 6.07) is 13.8. The molecular weight excluding hydrogens is 275 g/mol. The minimum atomic E-state index is -4.29. The fourth-order valence-electron chi connectivity index (χ4n) is 3.00. The van der Waals surface area contributed by atoms with E-state index in [1.165, 1.54) is 12.1 Å².